The van der Waals surface area contributed by atoms with Crippen LogP contribution in [0, 0.1) is 0 Å². The van der Waals surface area contributed by atoms with Crippen LogP contribution in [-0.4, -0.2) is 67.1 Å². The molecule has 0 unspecified atom stereocenters. The Hall–Kier alpha value is -3.85. The molecule has 1 atom stereocenters. The quantitative estimate of drug-likeness (QED) is 0.248. The van der Waals surface area contributed by atoms with Crippen LogP contribution < -0.4 is 14.2 Å². The van der Waals surface area contributed by atoms with Gasteiger partial charge < -0.3 is 14.4 Å². The van der Waals surface area contributed by atoms with Gasteiger partial charge in [-0.25, -0.2) is 4.72 Å². The topological polar surface area (TPSA) is 66.9 Å². The number of hydrogen-bond acceptors (Lipinski definition) is 7. The van der Waals surface area contributed by atoms with Gasteiger partial charge >= 0.3 is 0 Å². The maximum absolute atomic E-state index is 13.9. The van der Waals surface area contributed by atoms with Crippen molar-refractivity contribution in [2.75, 3.05) is 40.4 Å². The van der Waals surface area contributed by atoms with Gasteiger partial charge in [-0.05, 0) is 59.3 Å². The summed E-state index contributed by atoms with van der Waals surface area (Å²) in [4.78, 5) is 23.6. The molecular weight excluding hydrogens is 532 g/mol. The molecule has 1 aliphatic rings. The molecule has 0 spiro atoms. The number of amides is 1. The molecule has 2 heterocycles. The second-order valence-electron chi connectivity index (χ2n) is 9.94. The van der Waals surface area contributed by atoms with E-state index in [1.807, 2.05) is 41.4 Å². The molecule has 1 N–H and O–H groups in total. The summed E-state index contributed by atoms with van der Waals surface area (Å²) in [5.74, 6) is 1.41. The van der Waals surface area contributed by atoms with Crippen molar-refractivity contribution in [2.24, 2.45) is 0 Å². The molecule has 1 aromatic heterocycles. The number of nitrogens with one attached hydrogen (secondary N) is 1. The zero-order valence-electron chi connectivity index (χ0n) is 23.5. The van der Waals surface area contributed by atoms with Crippen LogP contribution in [0.1, 0.15) is 22.7 Å². The summed E-state index contributed by atoms with van der Waals surface area (Å²) in [6.45, 7) is 2.92. The first-order valence-electron chi connectivity index (χ1n) is 13.8. The third kappa shape index (κ3) is 7.27. The summed E-state index contributed by atoms with van der Waals surface area (Å²) in [7, 11) is 3.24. The molecule has 1 aliphatic heterocycles. The van der Waals surface area contributed by atoms with Crippen molar-refractivity contribution in [3.05, 3.63) is 120 Å². The van der Waals surface area contributed by atoms with Crippen molar-refractivity contribution >= 4 is 17.9 Å². The van der Waals surface area contributed by atoms with E-state index >= 15 is 0 Å². The van der Waals surface area contributed by atoms with E-state index in [1.54, 1.807) is 20.4 Å². The number of benzene rings is 3. The van der Waals surface area contributed by atoms with Gasteiger partial charge in [-0.15, -0.1) is 0 Å². The van der Waals surface area contributed by atoms with Gasteiger partial charge in [-0.3, -0.25) is 14.7 Å². The maximum atomic E-state index is 13.9. The Morgan fingerprint density at radius 3 is 2.10 bits per heavy atom. The minimum Gasteiger partial charge on any atom is -0.493 e. The molecule has 4 aromatic rings. The van der Waals surface area contributed by atoms with Crippen molar-refractivity contribution in [3.63, 3.8) is 0 Å². The number of pyridine rings is 1. The van der Waals surface area contributed by atoms with Crippen LogP contribution in [0.5, 0.6) is 11.5 Å². The zero-order valence-corrected chi connectivity index (χ0v) is 24.3. The van der Waals surface area contributed by atoms with E-state index in [9.17, 15) is 4.79 Å². The van der Waals surface area contributed by atoms with Gasteiger partial charge in [0.2, 0.25) is 5.91 Å². The molecule has 3 aromatic carbocycles. The van der Waals surface area contributed by atoms with E-state index in [0.29, 0.717) is 31.0 Å². The predicted molar refractivity (Wildman–Crippen MR) is 163 cm³/mol. The van der Waals surface area contributed by atoms with Crippen LogP contribution in [0.3, 0.4) is 0 Å². The Balaban J connectivity index is 1.29. The number of ether oxygens (including phenoxy) is 2. The van der Waals surface area contributed by atoms with Crippen LogP contribution in [0.4, 0.5) is 0 Å². The van der Waals surface area contributed by atoms with Gasteiger partial charge in [0.1, 0.15) is 6.04 Å². The Kier molecular flexibility index (Phi) is 9.91. The number of methoxy groups -OCH3 is 2. The fourth-order valence-electron chi connectivity index (χ4n) is 5.26. The lowest BCUT2D eigenvalue weighted by Gasteiger charge is -2.40. The van der Waals surface area contributed by atoms with Gasteiger partial charge in [0.05, 0.1) is 20.3 Å². The molecular formula is C33H36N4O3S. The first-order valence-corrected chi connectivity index (χ1v) is 14.6. The fourth-order valence-corrected chi connectivity index (χ4v) is 6.02. The predicted octanol–water partition coefficient (Wildman–Crippen LogP) is 5.24. The fraction of sp³-hybridized carbons (Fsp3) is 0.273. The average molecular weight is 569 g/mol. The highest BCUT2D eigenvalue weighted by molar-refractivity contribution is 7.97. The van der Waals surface area contributed by atoms with E-state index < -0.39 is 6.04 Å². The monoisotopic (exact) mass is 568 g/mol. The van der Waals surface area contributed by atoms with Crippen molar-refractivity contribution in [2.45, 2.75) is 23.4 Å². The molecule has 1 fully saturated rings. The summed E-state index contributed by atoms with van der Waals surface area (Å²) in [5.41, 5.74) is 3.54. The smallest absolute Gasteiger partial charge is 0.241 e. The zero-order chi connectivity index (χ0) is 28.4. The molecule has 0 bridgehead atoms. The molecule has 41 heavy (non-hydrogen) atoms. The lowest BCUT2D eigenvalue weighted by atomic mass is 9.96. The summed E-state index contributed by atoms with van der Waals surface area (Å²) in [5, 5.41) is 0. The summed E-state index contributed by atoms with van der Waals surface area (Å²) < 4.78 is 14.3. The number of piperazine rings is 1. The van der Waals surface area contributed by atoms with Crippen LogP contribution in [0.2, 0.25) is 0 Å². The van der Waals surface area contributed by atoms with Crippen LogP contribution in [0.15, 0.2) is 108 Å². The molecule has 5 rings (SSSR count). The normalized spacial score (nSPS) is 14.6. The number of carbonyl (C=O) groups is 1. The number of aromatic nitrogens is 1. The van der Waals surface area contributed by atoms with E-state index in [4.69, 9.17) is 9.47 Å². The van der Waals surface area contributed by atoms with E-state index in [2.05, 4.69) is 75.3 Å². The minimum absolute atomic E-state index is 0.0949. The van der Waals surface area contributed by atoms with Crippen LogP contribution >= 0.6 is 11.9 Å². The van der Waals surface area contributed by atoms with Gasteiger partial charge in [-0.1, -0.05) is 66.7 Å². The first kappa shape index (κ1) is 28.7. The summed E-state index contributed by atoms with van der Waals surface area (Å²) in [6, 6.07) is 30.6. The molecule has 1 amide bonds. The molecule has 212 valence electrons. The molecule has 0 aliphatic carbocycles. The van der Waals surface area contributed by atoms with E-state index in [-0.39, 0.29) is 11.9 Å². The third-order valence-electron chi connectivity index (χ3n) is 7.36. The summed E-state index contributed by atoms with van der Waals surface area (Å²) >= 11 is 1.42. The largest absolute Gasteiger partial charge is 0.493 e. The number of rotatable bonds is 11. The second-order valence-corrected chi connectivity index (χ2v) is 10.9. The lowest BCUT2D eigenvalue weighted by Crippen LogP contribution is -2.54. The van der Waals surface area contributed by atoms with E-state index in [0.717, 1.165) is 23.5 Å². The average Bonchev–Trinajstić information content (AvgIpc) is 3.04. The van der Waals surface area contributed by atoms with Gasteiger partial charge in [0.15, 0.2) is 11.5 Å². The maximum Gasteiger partial charge on any atom is 0.241 e. The SMILES string of the molecule is COc1ccc(SN[C@@H](Cc2cccnc2)C(=O)N2CCN(C(c3ccccc3)c3ccccc3)CC2)cc1OC. The molecule has 0 saturated carbocycles. The van der Waals surface area contributed by atoms with Crippen molar-refractivity contribution < 1.29 is 14.3 Å². The Labute approximate surface area is 246 Å². The molecule has 7 nitrogen and oxygen atoms in total. The first-order chi connectivity index (χ1) is 20.2. The molecule has 8 heteroatoms. The Morgan fingerprint density at radius 1 is 0.854 bits per heavy atom. The van der Waals surface area contributed by atoms with Crippen molar-refractivity contribution in [1.82, 2.24) is 19.5 Å². The van der Waals surface area contributed by atoms with Gasteiger partial charge in [-0.2, -0.15) is 0 Å². The standard InChI is InChI=1S/C33H36N4O3S/c1-39-30-16-15-28(23-31(30)40-2)41-35-29(22-25-10-9-17-34-24-25)33(38)37-20-18-36(19-21-37)32(26-11-5-3-6-12-26)27-13-7-4-8-14-27/h3-17,23-24,29,32,35H,18-22H2,1-2H3/t29-/m0/s1. The number of nitrogens with zero attached hydrogens (tertiary/aromatic N) is 3. The van der Waals surface area contributed by atoms with Crippen LogP contribution in [-0.2, 0) is 11.2 Å². The van der Waals surface area contributed by atoms with E-state index in [1.165, 1.54) is 23.1 Å². The highest BCUT2D eigenvalue weighted by Gasteiger charge is 2.31. The third-order valence-corrected chi connectivity index (χ3v) is 8.25. The van der Waals surface area contributed by atoms with Crippen molar-refractivity contribution in [1.29, 1.82) is 0 Å². The molecule has 1 saturated heterocycles. The number of hydrogen-bond donors (Lipinski definition) is 1. The highest BCUT2D eigenvalue weighted by atomic mass is 32.2. The Bertz CT molecular complexity index is 1340. The van der Waals surface area contributed by atoms with Gasteiger partial charge in [0, 0.05) is 43.5 Å². The second kappa shape index (κ2) is 14.2. The van der Waals surface area contributed by atoms with Gasteiger partial charge in [0.25, 0.3) is 0 Å². The highest BCUT2D eigenvalue weighted by Crippen LogP contribution is 2.32. The van der Waals surface area contributed by atoms with Crippen LogP contribution in [0.25, 0.3) is 0 Å². The molecule has 0 radical (unpaired) electrons. The summed E-state index contributed by atoms with van der Waals surface area (Å²) in [6.07, 6.45) is 4.12. The minimum atomic E-state index is -0.414. The van der Waals surface area contributed by atoms with Crippen molar-refractivity contribution in [3.8, 4) is 11.5 Å². The number of carbonyl (C=O) groups excluding carboxylic acids is 1. The lowest BCUT2D eigenvalue weighted by molar-refractivity contribution is -0.134. The Morgan fingerprint density at radius 2 is 1.51 bits per heavy atom.